The number of aryl methyl sites for hydroxylation is 1. The molecule has 116 valence electrons. The second-order valence-electron chi connectivity index (χ2n) is 4.22. The molecule has 0 saturated carbocycles. The smallest absolute Gasteiger partial charge is 0.422 e. The number of amides is 1. The summed E-state index contributed by atoms with van der Waals surface area (Å²) < 4.78 is 34.8. The number of rotatable bonds is 5. The van der Waals surface area contributed by atoms with E-state index in [2.05, 4.69) is 9.47 Å². The van der Waals surface area contributed by atoms with Gasteiger partial charge in [0.05, 0.1) is 11.5 Å². The molecule has 0 radical (unpaired) electrons. The third kappa shape index (κ3) is 5.07. The van der Waals surface area contributed by atoms with Gasteiger partial charge in [0.1, 0.15) is 0 Å². The Labute approximate surface area is 123 Å². The maximum absolute atomic E-state index is 11.9. The van der Waals surface area contributed by atoms with Gasteiger partial charge in [0.2, 0.25) is 0 Å². The SMILES string of the molecule is CCOC(=O)[C@@H](C)OC(=O)NS(=O)(=O)c1ccc(C)cc1. The maximum atomic E-state index is 11.9. The molecule has 0 spiro atoms. The molecule has 0 heterocycles. The molecule has 1 rings (SSSR count). The van der Waals surface area contributed by atoms with Crippen LogP contribution in [0.15, 0.2) is 29.2 Å². The fraction of sp³-hybridized carbons (Fsp3) is 0.385. The first-order valence-electron chi connectivity index (χ1n) is 6.23. The lowest BCUT2D eigenvalue weighted by atomic mass is 10.2. The van der Waals surface area contributed by atoms with Crippen molar-refractivity contribution in [3.8, 4) is 0 Å². The van der Waals surface area contributed by atoms with Crippen molar-refractivity contribution in [2.24, 2.45) is 0 Å². The standard InChI is InChI=1S/C13H17NO6S/c1-4-19-12(15)10(3)20-13(16)14-21(17,18)11-7-5-9(2)6-8-11/h5-8,10H,4H2,1-3H3,(H,14,16)/t10-/m1/s1. The largest absolute Gasteiger partial charge is 0.463 e. The Morgan fingerprint density at radius 1 is 1.24 bits per heavy atom. The molecule has 21 heavy (non-hydrogen) atoms. The highest BCUT2D eigenvalue weighted by Gasteiger charge is 2.23. The second kappa shape index (κ2) is 7.07. The highest BCUT2D eigenvalue weighted by molar-refractivity contribution is 7.90. The number of hydrogen-bond donors (Lipinski definition) is 1. The Hall–Kier alpha value is -2.09. The van der Waals surface area contributed by atoms with Crippen LogP contribution in [-0.4, -0.2) is 33.2 Å². The Kier molecular flexibility index (Phi) is 5.71. The highest BCUT2D eigenvalue weighted by Crippen LogP contribution is 2.10. The van der Waals surface area contributed by atoms with Crippen LogP contribution in [-0.2, 0) is 24.3 Å². The van der Waals surface area contributed by atoms with Gasteiger partial charge in [-0.2, -0.15) is 0 Å². The molecule has 1 aromatic rings. The molecule has 0 aliphatic heterocycles. The molecular weight excluding hydrogens is 298 g/mol. The third-order valence-corrected chi connectivity index (χ3v) is 3.78. The molecule has 0 aliphatic carbocycles. The zero-order valence-electron chi connectivity index (χ0n) is 12.0. The van der Waals surface area contributed by atoms with Crippen molar-refractivity contribution < 1.29 is 27.5 Å². The molecule has 1 amide bonds. The fourth-order valence-corrected chi connectivity index (χ4v) is 2.26. The lowest BCUT2D eigenvalue weighted by Gasteiger charge is -2.13. The van der Waals surface area contributed by atoms with Crippen LogP contribution >= 0.6 is 0 Å². The molecule has 1 N–H and O–H groups in total. The van der Waals surface area contributed by atoms with Crippen LogP contribution in [0.1, 0.15) is 19.4 Å². The van der Waals surface area contributed by atoms with Gasteiger partial charge in [-0.1, -0.05) is 17.7 Å². The van der Waals surface area contributed by atoms with Crippen molar-refractivity contribution in [1.29, 1.82) is 0 Å². The van der Waals surface area contributed by atoms with Crippen molar-refractivity contribution in [2.75, 3.05) is 6.61 Å². The van der Waals surface area contributed by atoms with E-state index in [4.69, 9.17) is 0 Å². The van der Waals surface area contributed by atoms with Gasteiger partial charge < -0.3 is 9.47 Å². The van der Waals surface area contributed by atoms with Crippen LogP contribution < -0.4 is 4.72 Å². The number of hydrogen-bond acceptors (Lipinski definition) is 6. The molecule has 0 bridgehead atoms. The summed E-state index contributed by atoms with van der Waals surface area (Å²) in [5, 5.41) is 0. The predicted molar refractivity (Wildman–Crippen MR) is 74.1 cm³/mol. The number of sulfonamides is 1. The molecule has 0 unspecified atom stereocenters. The average molecular weight is 315 g/mol. The van der Waals surface area contributed by atoms with Crippen LogP contribution in [0.5, 0.6) is 0 Å². The minimum absolute atomic E-state index is 0.0752. The van der Waals surface area contributed by atoms with Gasteiger partial charge in [0.15, 0.2) is 6.10 Å². The van der Waals surface area contributed by atoms with Crippen LogP contribution in [0, 0.1) is 6.92 Å². The first-order chi connectivity index (χ1) is 9.76. The minimum Gasteiger partial charge on any atom is -0.463 e. The number of esters is 1. The lowest BCUT2D eigenvalue weighted by Crippen LogP contribution is -2.36. The van der Waals surface area contributed by atoms with Crippen molar-refractivity contribution in [3.05, 3.63) is 29.8 Å². The molecule has 1 atom stereocenters. The minimum atomic E-state index is -4.04. The summed E-state index contributed by atoms with van der Waals surface area (Å²) in [7, 11) is -4.04. The first-order valence-corrected chi connectivity index (χ1v) is 7.71. The van der Waals surface area contributed by atoms with Gasteiger partial charge in [-0.15, -0.1) is 0 Å². The summed E-state index contributed by atoms with van der Waals surface area (Å²) in [4.78, 5) is 22.7. The zero-order valence-corrected chi connectivity index (χ0v) is 12.8. The Balaban J connectivity index is 2.69. The molecule has 7 nitrogen and oxygen atoms in total. The van der Waals surface area contributed by atoms with E-state index in [0.717, 1.165) is 5.56 Å². The van der Waals surface area contributed by atoms with E-state index < -0.39 is 28.2 Å². The van der Waals surface area contributed by atoms with Gasteiger partial charge in [0, 0.05) is 0 Å². The molecule has 0 saturated heterocycles. The van der Waals surface area contributed by atoms with Crippen LogP contribution in [0.25, 0.3) is 0 Å². The van der Waals surface area contributed by atoms with Crippen LogP contribution in [0.3, 0.4) is 0 Å². The first kappa shape index (κ1) is 17.0. The molecule has 0 aromatic heterocycles. The summed E-state index contributed by atoms with van der Waals surface area (Å²) in [6.07, 6.45) is -2.44. The quantitative estimate of drug-likeness (QED) is 0.824. The second-order valence-corrected chi connectivity index (χ2v) is 5.90. The summed E-state index contributed by atoms with van der Waals surface area (Å²) in [5.41, 5.74) is 0.882. The van der Waals surface area contributed by atoms with E-state index in [1.807, 2.05) is 0 Å². The van der Waals surface area contributed by atoms with Gasteiger partial charge in [0.25, 0.3) is 10.0 Å². The number of ether oxygens (including phenoxy) is 2. The summed E-state index contributed by atoms with van der Waals surface area (Å²) in [6, 6.07) is 5.92. The van der Waals surface area contributed by atoms with Gasteiger partial charge >= 0.3 is 12.1 Å². The summed E-state index contributed by atoms with van der Waals surface area (Å²) in [5.74, 6) is -0.750. The maximum Gasteiger partial charge on any atom is 0.422 e. The Bertz CT molecular complexity index is 608. The average Bonchev–Trinajstić information content (AvgIpc) is 2.38. The number of carbonyl (C=O) groups is 2. The van der Waals surface area contributed by atoms with Crippen LogP contribution in [0.4, 0.5) is 4.79 Å². The monoisotopic (exact) mass is 315 g/mol. The highest BCUT2D eigenvalue weighted by atomic mass is 32.2. The predicted octanol–water partition coefficient (Wildman–Crippen LogP) is 1.36. The van der Waals surface area contributed by atoms with Crippen molar-refractivity contribution in [2.45, 2.75) is 31.8 Å². The summed E-state index contributed by atoms with van der Waals surface area (Å²) >= 11 is 0. The van der Waals surface area contributed by atoms with E-state index in [9.17, 15) is 18.0 Å². The van der Waals surface area contributed by atoms with Crippen molar-refractivity contribution in [1.82, 2.24) is 4.72 Å². The number of nitrogens with one attached hydrogen (secondary N) is 1. The zero-order chi connectivity index (χ0) is 16.0. The van der Waals surface area contributed by atoms with E-state index in [1.165, 1.54) is 19.1 Å². The fourth-order valence-electron chi connectivity index (χ4n) is 1.38. The topological polar surface area (TPSA) is 98.8 Å². The van der Waals surface area contributed by atoms with Crippen LogP contribution in [0.2, 0.25) is 0 Å². The van der Waals surface area contributed by atoms with Gasteiger partial charge in [-0.05, 0) is 32.9 Å². The van der Waals surface area contributed by atoms with Gasteiger partial charge in [-0.3, -0.25) is 0 Å². The number of benzene rings is 1. The summed E-state index contributed by atoms with van der Waals surface area (Å²) in [6.45, 7) is 4.83. The molecule has 1 aromatic carbocycles. The van der Waals surface area contributed by atoms with E-state index >= 15 is 0 Å². The van der Waals surface area contributed by atoms with E-state index in [-0.39, 0.29) is 11.5 Å². The molecule has 8 heteroatoms. The Morgan fingerprint density at radius 3 is 2.33 bits per heavy atom. The van der Waals surface area contributed by atoms with E-state index in [0.29, 0.717) is 0 Å². The third-order valence-electron chi connectivity index (χ3n) is 2.45. The molecule has 0 aliphatic rings. The van der Waals surface area contributed by atoms with E-state index in [1.54, 1.807) is 30.7 Å². The normalized spacial score (nSPS) is 12.3. The molecular formula is C13H17NO6S. The lowest BCUT2D eigenvalue weighted by molar-refractivity contribution is -0.152. The Morgan fingerprint density at radius 2 is 1.81 bits per heavy atom. The van der Waals surface area contributed by atoms with Gasteiger partial charge in [-0.25, -0.2) is 22.7 Å². The van der Waals surface area contributed by atoms with Crippen molar-refractivity contribution in [3.63, 3.8) is 0 Å². The van der Waals surface area contributed by atoms with Crippen molar-refractivity contribution >= 4 is 22.1 Å². The number of carbonyl (C=O) groups excluding carboxylic acids is 2. The molecule has 0 fully saturated rings.